The molecule has 4 rings (SSSR count). The van der Waals surface area contributed by atoms with Crippen LogP contribution in [0.2, 0.25) is 0 Å². The van der Waals surface area contributed by atoms with Crippen LogP contribution in [0.1, 0.15) is 80.6 Å². The van der Waals surface area contributed by atoms with Crippen molar-refractivity contribution in [3.8, 4) is 0 Å². The van der Waals surface area contributed by atoms with E-state index in [1.54, 1.807) is 0 Å². The molecule has 2 atom stereocenters. The van der Waals surface area contributed by atoms with Crippen molar-refractivity contribution in [1.82, 2.24) is 10.2 Å². The minimum atomic E-state index is -0.417. The Balaban J connectivity index is 1.70. The molecule has 0 radical (unpaired) electrons. The molecule has 1 aliphatic carbocycles. The Bertz CT molecular complexity index is 748. The third-order valence-electron chi connectivity index (χ3n) is 6.98. The number of fused-ring (bicyclic) bond motifs is 1. The maximum atomic E-state index is 13.6. The molecule has 3 aliphatic rings. The summed E-state index contributed by atoms with van der Waals surface area (Å²) in [5.74, 6) is 0.397. The summed E-state index contributed by atoms with van der Waals surface area (Å²) in [5.41, 5.74) is 1.18. The quantitative estimate of drug-likeness (QED) is 0.791. The topological polar surface area (TPSA) is 58.6 Å². The lowest BCUT2D eigenvalue weighted by atomic mass is 9.71. The van der Waals surface area contributed by atoms with E-state index in [0.717, 1.165) is 57.1 Å². The van der Waals surface area contributed by atoms with E-state index in [-0.39, 0.29) is 23.8 Å². The smallest absolute Gasteiger partial charge is 0.254 e. The Morgan fingerprint density at radius 1 is 1.24 bits per heavy atom. The summed E-state index contributed by atoms with van der Waals surface area (Å²) in [6.45, 7) is 6.40. The predicted octanol–water partition coefficient (Wildman–Crippen LogP) is 3.88. The maximum Gasteiger partial charge on any atom is 0.254 e. The normalized spacial score (nSPS) is 25.6. The van der Waals surface area contributed by atoms with Crippen molar-refractivity contribution < 1.29 is 14.3 Å². The summed E-state index contributed by atoms with van der Waals surface area (Å²) in [5, 5.41) is 3.20. The molecule has 158 valence electrons. The lowest BCUT2D eigenvalue weighted by Crippen LogP contribution is -2.62. The van der Waals surface area contributed by atoms with E-state index in [4.69, 9.17) is 4.74 Å². The second kappa shape index (κ2) is 8.47. The standard InChI is InChI=1S/C24H34N2O3/c1-17(2)11-14-25-22(27)21-19-9-3-4-10-20(19)23(28)26(16-18-8-7-15-29-18)24(21)12-5-6-13-24/h3-4,9-10,17-18,21H,5-8,11-16H2,1-2H3,(H,25,27)/t18-,21-/m0/s1. The lowest BCUT2D eigenvalue weighted by molar-refractivity contribution is -0.126. The molecule has 2 amide bonds. The van der Waals surface area contributed by atoms with Crippen LogP contribution < -0.4 is 5.32 Å². The van der Waals surface area contributed by atoms with Crippen LogP contribution in [0.4, 0.5) is 0 Å². The molecular weight excluding hydrogens is 364 g/mol. The van der Waals surface area contributed by atoms with Gasteiger partial charge in [0.05, 0.1) is 17.6 Å². The van der Waals surface area contributed by atoms with E-state index in [2.05, 4.69) is 19.2 Å². The third kappa shape index (κ3) is 3.81. The van der Waals surface area contributed by atoms with Gasteiger partial charge >= 0.3 is 0 Å². The van der Waals surface area contributed by atoms with Crippen molar-refractivity contribution in [1.29, 1.82) is 0 Å². The lowest BCUT2D eigenvalue weighted by Gasteiger charge is -2.50. The van der Waals surface area contributed by atoms with Crippen molar-refractivity contribution in [2.24, 2.45) is 5.92 Å². The van der Waals surface area contributed by atoms with E-state index in [1.165, 1.54) is 0 Å². The van der Waals surface area contributed by atoms with E-state index in [1.807, 2.05) is 29.2 Å². The van der Waals surface area contributed by atoms with E-state index >= 15 is 0 Å². The molecule has 0 bridgehead atoms. The summed E-state index contributed by atoms with van der Waals surface area (Å²) in [4.78, 5) is 29.1. The van der Waals surface area contributed by atoms with Gasteiger partial charge in [-0.3, -0.25) is 9.59 Å². The van der Waals surface area contributed by atoms with E-state index < -0.39 is 5.54 Å². The highest BCUT2D eigenvalue weighted by Gasteiger charge is 2.55. The number of carbonyl (C=O) groups excluding carboxylic acids is 2. The fraction of sp³-hybridized carbons (Fsp3) is 0.667. The van der Waals surface area contributed by atoms with Crippen LogP contribution in [0.5, 0.6) is 0 Å². The van der Waals surface area contributed by atoms with E-state index in [0.29, 0.717) is 24.6 Å². The molecule has 1 spiro atoms. The molecule has 0 aromatic heterocycles. The number of nitrogens with one attached hydrogen (secondary N) is 1. The van der Waals surface area contributed by atoms with Crippen LogP contribution >= 0.6 is 0 Å². The molecule has 1 aromatic rings. The number of hydrogen-bond acceptors (Lipinski definition) is 3. The van der Waals surface area contributed by atoms with Crippen molar-refractivity contribution in [2.75, 3.05) is 19.7 Å². The first-order valence-corrected chi connectivity index (χ1v) is 11.3. The highest BCUT2D eigenvalue weighted by atomic mass is 16.5. The van der Waals surface area contributed by atoms with Gasteiger partial charge in [-0.15, -0.1) is 0 Å². The number of nitrogens with zero attached hydrogens (tertiary/aromatic N) is 1. The van der Waals surface area contributed by atoms with Gasteiger partial charge in [-0.25, -0.2) is 0 Å². The fourth-order valence-corrected chi connectivity index (χ4v) is 5.51. The molecule has 2 aliphatic heterocycles. The average molecular weight is 399 g/mol. The van der Waals surface area contributed by atoms with Gasteiger partial charge in [0, 0.05) is 25.3 Å². The number of ether oxygens (including phenoxy) is 1. The molecule has 2 heterocycles. The van der Waals surface area contributed by atoms with Crippen LogP contribution in [-0.4, -0.2) is 48.1 Å². The van der Waals surface area contributed by atoms with Crippen LogP contribution in [-0.2, 0) is 9.53 Å². The van der Waals surface area contributed by atoms with Crippen molar-refractivity contribution in [3.63, 3.8) is 0 Å². The highest BCUT2D eigenvalue weighted by molar-refractivity contribution is 6.02. The molecule has 29 heavy (non-hydrogen) atoms. The van der Waals surface area contributed by atoms with Crippen molar-refractivity contribution in [2.45, 2.75) is 76.4 Å². The Kier molecular flexibility index (Phi) is 5.95. The second-order valence-electron chi connectivity index (χ2n) is 9.36. The predicted molar refractivity (Wildman–Crippen MR) is 113 cm³/mol. The molecule has 5 nitrogen and oxygen atoms in total. The summed E-state index contributed by atoms with van der Waals surface area (Å²) in [6, 6.07) is 7.74. The summed E-state index contributed by atoms with van der Waals surface area (Å²) < 4.78 is 5.89. The van der Waals surface area contributed by atoms with Crippen LogP contribution in [0.3, 0.4) is 0 Å². The zero-order valence-corrected chi connectivity index (χ0v) is 17.8. The molecule has 1 saturated carbocycles. The van der Waals surface area contributed by atoms with Gasteiger partial charge in [-0.2, -0.15) is 0 Å². The molecule has 1 aromatic carbocycles. The first kappa shape index (κ1) is 20.4. The van der Waals surface area contributed by atoms with E-state index in [9.17, 15) is 9.59 Å². The number of amides is 2. The van der Waals surface area contributed by atoms with Gasteiger partial charge in [0.2, 0.25) is 5.91 Å². The maximum absolute atomic E-state index is 13.6. The van der Waals surface area contributed by atoms with Crippen molar-refractivity contribution in [3.05, 3.63) is 35.4 Å². The minimum Gasteiger partial charge on any atom is -0.376 e. The molecule has 5 heteroatoms. The minimum absolute atomic E-state index is 0.0734. The SMILES string of the molecule is CC(C)CCNC(=O)[C@@H]1c2ccccc2C(=O)N(C[C@@H]2CCCO2)C12CCCC2. The van der Waals surface area contributed by atoms with Gasteiger partial charge in [0.25, 0.3) is 5.91 Å². The highest BCUT2D eigenvalue weighted by Crippen LogP contribution is 2.50. The van der Waals surface area contributed by atoms with Crippen LogP contribution in [0.25, 0.3) is 0 Å². The van der Waals surface area contributed by atoms with Gasteiger partial charge in [-0.05, 0) is 49.7 Å². The number of carbonyl (C=O) groups is 2. The molecule has 1 N–H and O–H groups in total. The zero-order valence-electron chi connectivity index (χ0n) is 17.8. The third-order valence-corrected chi connectivity index (χ3v) is 6.98. The van der Waals surface area contributed by atoms with Crippen molar-refractivity contribution >= 4 is 11.8 Å². The Labute approximate surface area is 174 Å². The Morgan fingerprint density at radius 3 is 2.69 bits per heavy atom. The number of benzene rings is 1. The largest absolute Gasteiger partial charge is 0.376 e. The average Bonchev–Trinajstić information content (AvgIpc) is 3.38. The first-order valence-electron chi connectivity index (χ1n) is 11.3. The summed E-state index contributed by atoms with van der Waals surface area (Å²) in [7, 11) is 0. The fourth-order valence-electron chi connectivity index (χ4n) is 5.51. The summed E-state index contributed by atoms with van der Waals surface area (Å²) in [6.07, 6.45) is 7.00. The Hall–Kier alpha value is -1.88. The molecule has 2 fully saturated rings. The molecule has 0 unspecified atom stereocenters. The number of rotatable bonds is 6. The van der Waals surface area contributed by atoms with Crippen LogP contribution in [0, 0.1) is 5.92 Å². The van der Waals surface area contributed by atoms with Gasteiger partial charge in [0.15, 0.2) is 0 Å². The van der Waals surface area contributed by atoms with Crippen LogP contribution in [0.15, 0.2) is 24.3 Å². The Morgan fingerprint density at radius 2 is 2.00 bits per heavy atom. The molecular formula is C24H34N2O3. The molecule has 1 saturated heterocycles. The van der Waals surface area contributed by atoms with Gasteiger partial charge < -0.3 is 15.0 Å². The number of hydrogen-bond donors (Lipinski definition) is 1. The monoisotopic (exact) mass is 398 g/mol. The summed E-state index contributed by atoms with van der Waals surface area (Å²) >= 11 is 0. The first-order chi connectivity index (χ1) is 14.0. The second-order valence-corrected chi connectivity index (χ2v) is 9.36. The zero-order chi connectivity index (χ0) is 20.4. The van der Waals surface area contributed by atoms with Gasteiger partial charge in [-0.1, -0.05) is 44.9 Å². The van der Waals surface area contributed by atoms with Gasteiger partial charge in [0.1, 0.15) is 0 Å².